The van der Waals surface area contributed by atoms with Gasteiger partial charge in [-0.05, 0) is 30.5 Å². The van der Waals surface area contributed by atoms with Crippen molar-refractivity contribution < 1.29 is 19.4 Å². The van der Waals surface area contributed by atoms with Gasteiger partial charge in [0.25, 0.3) is 0 Å². The maximum Gasteiger partial charge on any atom is 0.310 e. The fourth-order valence-electron chi connectivity index (χ4n) is 3.27. The lowest BCUT2D eigenvalue weighted by Crippen LogP contribution is -2.29. The van der Waals surface area contributed by atoms with Crippen molar-refractivity contribution in [1.29, 1.82) is 0 Å². The largest absolute Gasteiger partial charge is 0.493 e. The minimum atomic E-state index is -0.920. The van der Waals surface area contributed by atoms with Crippen LogP contribution in [0.5, 0.6) is 5.75 Å². The molecular formula is C15H16ClNO4. The van der Waals surface area contributed by atoms with E-state index in [9.17, 15) is 14.7 Å². The Labute approximate surface area is 127 Å². The molecule has 1 aliphatic carbocycles. The van der Waals surface area contributed by atoms with Gasteiger partial charge in [-0.1, -0.05) is 11.6 Å². The van der Waals surface area contributed by atoms with Gasteiger partial charge in [0.15, 0.2) is 0 Å². The van der Waals surface area contributed by atoms with E-state index in [4.69, 9.17) is 22.1 Å². The van der Waals surface area contributed by atoms with Gasteiger partial charge < -0.3 is 15.6 Å². The van der Waals surface area contributed by atoms with Gasteiger partial charge in [-0.3, -0.25) is 9.59 Å². The molecule has 0 radical (unpaired) electrons. The van der Waals surface area contributed by atoms with Crippen molar-refractivity contribution in [3.8, 4) is 5.75 Å². The molecule has 1 amide bonds. The van der Waals surface area contributed by atoms with E-state index in [-0.39, 0.29) is 6.42 Å². The number of aliphatic carboxylic acids is 1. The van der Waals surface area contributed by atoms with Crippen LogP contribution in [0, 0.1) is 5.41 Å². The molecule has 0 aromatic heterocycles. The summed E-state index contributed by atoms with van der Waals surface area (Å²) in [6.45, 7) is 0.548. The second kappa shape index (κ2) is 4.91. The molecule has 3 rings (SSSR count). The summed E-state index contributed by atoms with van der Waals surface area (Å²) in [4.78, 5) is 23.1. The molecule has 1 heterocycles. The summed E-state index contributed by atoms with van der Waals surface area (Å²) >= 11 is 6.32. The van der Waals surface area contributed by atoms with Gasteiger partial charge in [-0.2, -0.15) is 0 Å². The van der Waals surface area contributed by atoms with Gasteiger partial charge in [-0.25, -0.2) is 0 Å². The van der Waals surface area contributed by atoms with Crippen LogP contribution in [0.3, 0.4) is 0 Å². The molecule has 1 saturated carbocycles. The number of rotatable bonds is 5. The number of primary amides is 1. The predicted molar refractivity (Wildman–Crippen MR) is 76.5 cm³/mol. The average molecular weight is 310 g/mol. The number of fused-ring (bicyclic) bond motifs is 1. The Balaban J connectivity index is 2.12. The topological polar surface area (TPSA) is 89.6 Å². The van der Waals surface area contributed by atoms with Crippen molar-refractivity contribution in [1.82, 2.24) is 0 Å². The number of hydrogen-bond donors (Lipinski definition) is 2. The van der Waals surface area contributed by atoms with E-state index in [1.807, 2.05) is 0 Å². The van der Waals surface area contributed by atoms with Crippen molar-refractivity contribution in [3.05, 3.63) is 28.3 Å². The second-order valence-corrected chi connectivity index (χ2v) is 6.13. The van der Waals surface area contributed by atoms with Gasteiger partial charge in [0, 0.05) is 29.3 Å². The Kier molecular flexibility index (Phi) is 3.32. The van der Waals surface area contributed by atoms with E-state index in [0.29, 0.717) is 30.9 Å². The van der Waals surface area contributed by atoms with Crippen molar-refractivity contribution in [2.75, 3.05) is 6.61 Å². The van der Waals surface area contributed by atoms with Gasteiger partial charge in [0.2, 0.25) is 5.91 Å². The zero-order chi connectivity index (χ0) is 15.2. The van der Waals surface area contributed by atoms with Crippen LogP contribution in [0.25, 0.3) is 0 Å². The molecule has 112 valence electrons. The van der Waals surface area contributed by atoms with E-state index in [0.717, 1.165) is 16.9 Å². The van der Waals surface area contributed by atoms with Crippen molar-refractivity contribution in [2.45, 2.75) is 31.6 Å². The summed E-state index contributed by atoms with van der Waals surface area (Å²) < 4.78 is 5.52. The zero-order valence-electron chi connectivity index (χ0n) is 11.4. The van der Waals surface area contributed by atoms with Crippen molar-refractivity contribution in [3.63, 3.8) is 0 Å². The Morgan fingerprint density at radius 3 is 2.71 bits per heavy atom. The molecule has 0 spiro atoms. The van der Waals surface area contributed by atoms with Crippen LogP contribution < -0.4 is 10.5 Å². The van der Waals surface area contributed by atoms with Crippen molar-refractivity contribution in [2.24, 2.45) is 11.1 Å². The number of ether oxygens (including phenoxy) is 1. The smallest absolute Gasteiger partial charge is 0.310 e. The Hall–Kier alpha value is -1.75. The highest BCUT2D eigenvalue weighted by Crippen LogP contribution is 2.59. The Bertz CT molecular complexity index is 624. The van der Waals surface area contributed by atoms with Crippen LogP contribution in [0.1, 0.15) is 36.3 Å². The molecule has 1 atom stereocenters. The quantitative estimate of drug-likeness (QED) is 0.871. The first kappa shape index (κ1) is 14.2. The normalized spacial score (nSPS) is 19.5. The zero-order valence-corrected chi connectivity index (χ0v) is 12.2. The van der Waals surface area contributed by atoms with Gasteiger partial charge in [0.05, 0.1) is 12.0 Å². The van der Waals surface area contributed by atoms with E-state index in [1.165, 1.54) is 0 Å². The third kappa shape index (κ3) is 2.25. The van der Waals surface area contributed by atoms with Crippen LogP contribution in [0.15, 0.2) is 12.1 Å². The number of carbonyl (C=O) groups is 2. The minimum Gasteiger partial charge on any atom is -0.493 e. The molecule has 1 unspecified atom stereocenters. The van der Waals surface area contributed by atoms with Gasteiger partial charge in [-0.15, -0.1) is 0 Å². The predicted octanol–water partition coefficient (Wildman–Crippen LogP) is 2.10. The molecule has 6 heteroatoms. The minimum absolute atomic E-state index is 0.0114. The number of amides is 1. The molecule has 5 nitrogen and oxygen atoms in total. The monoisotopic (exact) mass is 309 g/mol. The fraction of sp³-hybridized carbons (Fsp3) is 0.467. The van der Waals surface area contributed by atoms with Crippen LogP contribution in [0.2, 0.25) is 5.02 Å². The van der Waals surface area contributed by atoms with E-state index < -0.39 is 23.2 Å². The third-order valence-electron chi connectivity index (χ3n) is 4.51. The molecule has 1 aliphatic heterocycles. The Morgan fingerprint density at radius 2 is 2.14 bits per heavy atom. The number of carbonyl (C=O) groups excluding carboxylic acids is 1. The van der Waals surface area contributed by atoms with Crippen LogP contribution in [0.4, 0.5) is 0 Å². The number of halogens is 1. The standard InChI is InChI=1S/C15H16ClNO4/c16-10-1-2-11-8(3-6-21-11)13(10)9(7-12(17)18)15(4-5-15)14(19)20/h1-2,9H,3-7H2,(H2,17,18)(H,19,20). The lowest BCUT2D eigenvalue weighted by Gasteiger charge is -2.25. The molecule has 3 N–H and O–H groups in total. The summed E-state index contributed by atoms with van der Waals surface area (Å²) in [7, 11) is 0. The van der Waals surface area contributed by atoms with Crippen molar-refractivity contribution >= 4 is 23.5 Å². The highest BCUT2D eigenvalue weighted by molar-refractivity contribution is 6.31. The van der Waals surface area contributed by atoms with Crippen LogP contribution >= 0.6 is 11.6 Å². The molecule has 1 aromatic rings. The van der Waals surface area contributed by atoms with Crippen LogP contribution in [-0.2, 0) is 16.0 Å². The molecule has 0 saturated heterocycles. The second-order valence-electron chi connectivity index (χ2n) is 5.72. The van der Waals surface area contributed by atoms with Gasteiger partial charge in [0.1, 0.15) is 5.75 Å². The van der Waals surface area contributed by atoms with E-state index in [1.54, 1.807) is 12.1 Å². The first-order chi connectivity index (χ1) is 9.95. The summed E-state index contributed by atoms with van der Waals surface area (Å²) in [5.41, 5.74) is 6.07. The lowest BCUT2D eigenvalue weighted by molar-refractivity contribution is -0.144. The summed E-state index contributed by atoms with van der Waals surface area (Å²) in [6, 6.07) is 3.49. The summed E-state index contributed by atoms with van der Waals surface area (Å²) in [5.74, 6) is -1.16. The van der Waals surface area contributed by atoms with Gasteiger partial charge >= 0.3 is 5.97 Å². The Morgan fingerprint density at radius 1 is 1.43 bits per heavy atom. The number of hydrogen-bond acceptors (Lipinski definition) is 3. The number of carboxylic acids is 1. The molecular weight excluding hydrogens is 294 g/mol. The maximum absolute atomic E-state index is 11.7. The fourth-order valence-corrected chi connectivity index (χ4v) is 3.58. The molecule has 0 bridgehead atoms. The molecule has 21 heavy (non-hydrogen) atoms. The number of benzene rings is 1. The molecule has 2 aliphatic rings. The van der Waals surface area contributed by atoms with E-state index in [2.05, 4.69) is 0 Å². The third-order valence-corrected chi connectivity index (χ3v) is 4.84. The highest BCUT2D eigenvalue weighted by Gasteiger charge is 2.57. The maximum atomic E-state index is 11.7. The molecule has 1 aromatic carbocycles. The summed E-state index contributed by atoms with van der Waals surface area (Å²) in [5, 5.41) is 10.0. The number of nitrogens with two attached hydrogens (primary N) is 1. The summed E-state index contributed by atoms with van der Waals surface area (Å²) in [6.07, 6.45) is 1.75. The SMILES string of the molecule is NC(=O)CC(c1c(Cl)ccc2c1CCO2)C1(C(=O)O)CC1. The van der Waals surface area contributed by atoms with Crippen LogP contribution in [-0.4, -0.2) is 23.6 Å². The highest BCUT2D eigenvalue weighted by atomic mass is 35.5. The van der Waals surface area contributed by atoms with E-state index >= 15 is 0 Å². The lowest BCUT2D eigenvalue weighted by atomic mass is 9.78. The first-order valence-corrected chi connectivity index (χ1v) is 7.29. The number of carboxylic acid groups (broad SMARTS) is 1. The average Bonchev–Trinajstić information content (AvgIpc) is 3.09. The molecule has 1 fully saturated rings. The first-order valence-electron chi connectivity index (χ1n) is 6.91.